The van der Waals surface area contributed by atoms with Crippen LogP contribution in [0, 0.1) is 6.92 Å². The monoisotopic (exact) mass is 449 g/mol. The Morgan fingerprint density at radius 1 is 1.27 bits per heavy atom. The Bertz CT molecular complexity index is 1100. The molecule has 1 aliphatic carbocycles. The summed E-state index contributed by atoms with van der Waals surface area (Å²) in [5, 5.41) is 7.53. The first-order valence-electron chi connectivity index (χ1n) is 12.1. The normalized spacial score (nSPS) is 17.3. The van der Waals surface area contributed by atoms with E-state index in [1.54, 1.807) is 6.20 Å². The summed E-state index contributed by atoms with van der Waals surface area (Å²) in [5.74, 6) is -0.279. The lowest BCUT2D eigenvalue weighted by Crippen LogP contribution is -2.30. The second kappa shape index (κ2) is 10.3. The molecule has 4 rings (SSSR count). The first kappa shape index (κ1) is 23.2. The summed E-state index contributed by atoms with van der Waals surface area (Å²) in [7, 11) is 0. The number of aryl methyl sites for hydroxylation is 1. The Kier molecular flexibility index (Phi) is 7.28. The van der Waals surface area contributed by atoms with Crippen LogP contribution < -0.4 is 10.9 Å². The van der Waals surface area contributed by atoms with E-state index < -0.39 is 0 Å². The molecule has 3 heterocycles. The minimum absolute atomic E-state index is 0.140. The Morgan fingerprint density at radius 2 is 2.00 bits per heavy atom. The van der Waals surface area contributed by atoms with Crippen molar-refractivity contribution in [3.8, 4) is 0 Å². The summed E-state index contributed by atoms with van der Waals surface area (Å²) in [6, 6.07) is 2.39. The fourth-order valence-electron chi connectivity index (χ4n) is 5.07. The van der Waals surface area contributed by atoms with Crippen molar-refractivity contribution in [1.29, 1.82) is 0 Å². The zero-order chi connectivity index (χ0) is 23.4. The van der Waals surface area contributed by atoms with Gasteiger partial charge >= 0.3 is 0 Å². The number of amides is 1. The minimum Gasteiger partial charge on any atom is -0.348 e. The molecule has 0 unspecified atom stereocenters. The number of aromatic nitrogens is 3. The maximum atomic E-state index is 13.0. The Balaban J connectivity index is 1.50. The number of hydrogen-bond acceptors (Lipinski definition) is 4. The molecule has 1 aliphatic heterocycles. The Labute approximate surface area is 195 Å². The molecular formula is C26H35N5O2. The van der Waals surface area contributed by atoms with E-state index >= 15 is 0 Å². The summed E-state index contributed by atoms with van der Waals surface area (Å²) in [5.41, 5.74) is 4.33. The lowest BCUT2D eigenvalue weighted by Gasteiger charge is -2.18. The van der Waals surface area contributed by atoms with Crippen LogP contribution in [-0.2, 0) is 17.9 Å². The van der Waals surface area contributed by atoms with Gasteiger partial charge in [-0.05, 0) is 70.3 Å². The van der Waals surface area contributed by atoms with Crippen molar-refractivity contribution in [2.75, 3.05) is 13.1 Å². The summed E-state index contributed by atoms with van der Waals surface area (Å²) < 4.78 is 2.04. The van der Waals surface area contributed by atoms with Crippen LogP contribution in [0.3, 0.4) is 0 Å². The second-order valence-corrected chi connectivity index (χ2v) is 9.26. The van der Waals surface area contributed by atoms with Crippen molar-refractivity contribution in [2.45, 2.75) is 71.5 Å². The molecule has 33 heavy (non-hydrogen) atoms. The molecule has 0 bridgehead atoms. The molecule has 2 aromatic rings. The van der Waals surface area contributed by atoms with Crippen molar-refractivity contribution in [1.82, 2.24) is 25.0 Å². The predicted octanol–water partition coefficient (Wildman–Crippen LogP) is 3.95. The van der Waals surface area contributed by atoms with Crippen molar-refractivity contribution in [3.63, 3.8) is 0 Å². The molecule has 1 saturated heterocycles. The van der Waals surface area contributed by atoms with Crippen molar-refractivity contribution < 1.29 is 4.79 Å². The van der Waals surface area contributed by atoms with E-state index in [4.69, 9.17) is 0 Å². The van der Waals surface area contributed by atoms with Crippen molar-refractivity contribution in [2.24, 2.45) is 0 Å². The molecule has 2 aromatic heterocycles. The van der Waals surface area contributed by atoms with Gasteiger partial charge in [0.1, 0.15) is 0 Å². The fourth-order valence-corrected chi connectivity index (χ4v) is 5.07. The highest BCUT2D eigenvalue weighted by Crippen LogP contribution is 2.32. The summed E-state index contributed by atoms with van der Waals surface area (Å²) >= 11 is 0. The molecule has 0 spiro atoms. The Morgan fingerprint density at radius 3 is 2.70 bits per heavy atom. The number of nitrogens with zero attached hydrogens (tertiary/aromatic N) is 3. The summed E-state index contributed by atoms with van der Waals surface area (Å²) in [4.78, 5) is 31.0. The third kappa shape index (κ3) is 5.19. The minimum atomic E-state index is -0.279. The zero-order valence-corrected chi connectivity index (χ0v) is 19.8. The van der Waals surface area contributed by atoms with Gasteiger partial charge in [0.2, 0.25) is 0 Å². The molecule has 2 fully saturated rings. The van der Waals surface area contributed by atoms with Gasteiger partial charge in [0.15, 0.2) is 0 Å². The van der Waals surface area contributed by atoms with E-state index in [9.17, 15) is 9.59 Å². The van der Waals surface area contributed by atoms with Crippen molar-refractivity contribution >= 4 is 17.6 Å². The quantitative estimate of drug-likeness (QED) is 0.598. The van der Waals surface area contributed by atoms with Gasteiger partial charge in [0.05, 0.1) is 17.9 Å². The zero-order valence-electron chi connectivity index (χ0n) is 19.8. The van der Waals surface area contributed by atoms with Gasteiger partial charge in [-0.2, -0.15) is 5.10 Å². The lowest BCUT2D eigenvalue weighted by atomic mass is 10.1. The average Bonchev–Trinajstić information content (AvgIpc) is 3.54. The largest absolute Gasteiger partial charge is 0.348 e. The van der Waals surface area contributed by atoms with Crippen LogP contribution in [0.1, 0.15) is 79.6 Å². The summed E-state index contributed by atoms with van der Waals surface area (Å²) in [6.45, 7) is 10.9. The first-order chi connectivity index (χ1) is 16.0. The number of likely N-dealkylation sites (tertiary alicyclic amines) is 1. The number of pyridine rings is 1. The molecule has 2 aliphatic rings. The highest BCUT2D eigenvalue weighted by molar-refractivity contribution is 6.19. The van der Waals surface area contributed by atoms with Crippen molar-refractivity contribution in [3.05, 3.63) is 63.4 Å². The molecule has 0 aromatic carbocycles. The Hall–Kier alpha value is -2.93. The van der Waals surface area contributed by atoms with Gasteiger partial charge < -0.3 is 10.3 Å². The first-order valence-corrected chi connectivity index (χ1v) is 12.1. The van der Waals surface area contributed by atoms with Crippen LogP contribution in [0.2, 0.25) is 0 Å². The fraction of sp³-hybridized carbons (Fsp3) is 0.500. The van der Waals surface area contributed by atoms with E-state index in [2.05, 4.69) is 26.9 Å². The average molecular weight is 450 g/mol. The van der Waals surface area contributed by atoms with Crippen LogP contribution in [0.4, 0.5) is 0 Å². The maximum Gasteiger partial charge on any atom is 0.253 e. The van der Waals surface area contributed by atoms with Crippen LogP contribution in [-0.4, -0.2) is 38.7 Å². The molecule has 7 nitrogen and oxygen atoms in total. The van der Waals surface area contributed by atoms with Gasteiger partial charge in [0.25, 0.3) is 11.5 Å². The number of rotatable bonds is 8. The third-order valence-electron chi connectivity index (χ3n) is 6.81. The van der Waals surface area contributed by atoms with Crippen LogP contribution in [0.5, 0.6) is 0 Å². The van der Waals surface area contributed by atoms with Gasteiger partial charge in [-0.25, -0.2) is 0 Å². The van der Waals surface area contributed by atoms with E-state index in [0.717, 1.165) is 55.0 Å². The number of nitrogens with one attached hydrogen (secondary N) is 2. The topological polar surface area (TPSA) is 83.0 Å². The standard InChI is InChI=1S/C26H35N5O2/c1-4-9-24-22(16-28-31(24)21-10-5-6-11-21)19(3)25(32)27-15-23-20(14-18(2)29-26(23)33)17-30-12-7-8-13-30/h4,9,14,16,21H,3,5-8,10-13,15,17H2,1-2H3,(H,27,32)(H,29,33)/b9-4-. The number of H-pyrrole nitrogens is 1. The molecule has 176 valence electrons. The summed E-state index contributed by atoms with van der Waals surface area (Å²) in [6.07, 6.45) is 12.7. The predicted molar refractivity (Wildman–Crippen MR) is 132 cm³/mol. The van der Waals surface area contributed by atoms with Gasteiger partial charge in [-0.15, -0.1) is 0 Å². The van der Waals surface area contributed by atoms with Gasteiger partial charge in [-0.3, -0.25) is 19.2 Å². The molecule has 0 atom stereocenters. The smallest absolute Gasteiger partial charge is 0.253 e. The number of aromatic amines is 1. The molecule has 7 heteroatoms. The van der Waals surface area contributed by atoms with Gasteiger partial charge in [0, 0.05) is 35.5 Å². The molecular weight excluding hydrogens is 414 g/mol. The lowest BCUT2D eigenvalue weighted by molar-refractivity contribution is -0.115. The highest BCUT2D eigenvalue weighted by atomic mass is 16.2. The highest BCUT2D eigenvalue weighted by Gasteiger charge is 2.24. The van der Waals surface area contributed by atoms with E-state index in [-0.39, 0.29) is 18.0 Å². The van der Waals surface area contributed by atoms with Gasteiger partial charge in [-0.1, -0.05) is 25.5 Å². The maximum absolute atomic E-state index is 13.0. The molecule has 1 amide bonds. The number of hydrogen-bond donors (Lipinski definition) is 2. The second-order valence-electron chi connectivity index (χ2n) is 9.26. The molecule has 0 radical (unpaired) electrons. The van der Waals surface area contributed by atoms with E-state index in [0.29, 0.717) is 17.2 Å². The molecule has 2 N–H and O–H groups in total. The SMILES string of the molecule is C=C(C(=O)NCc1c(CN2CCCC2)cc(C)[nH]c1=O)c1cnn(C2CCCC2)c1/C=C\C. The third-order valence-corrected chi connectivity index (χ3v) is 6.81. The number of carbonyl (C=O) groups excluding carboxylic acids is 1. The van der Waals surface area contributed by atoms with E-state index in [1.165, 1.54) is 25.7 Å². The van der Waals surface area contributed by atoms with Crippen LogP contribution >= 0.6 is 0 Å². The van der Waals surface area contributed by atoms with E-state index in [1.807, 2.05) is 36.7 Å². The molecule has 1 saturated carbocycles. The number of carbonyl (C=O) groups is 1. The van der Waals surface area contributed by atoms with Crippen LogP contribution in [0.15, 0.2) is 29.7 Å². The number of allylic oxidation sites excluding steroid dienone is 1. The van der Waals surface area contributed by atoms with Crippen LogP contribution in [0.25, 0.3) is 11.6 Å².